The second-order valence-corrected chi connectivity index (χ2v) is 2.43. The molecule has 0 aliphatic carbocycles. The van der Waals surface area contributed by atoms with Crippen LogP contribution in [0.1, 0.15) is 12.0 Å². The molecule has 0 aliphatic rings. The second kappa shape index (κ2) is 5.29. The molecule has 0 N–H and O–H groups in total. The Labute approximate surface area is 71.4 Å². The van der Waals surface area contributed by atoms with Crippen molar-refractivity contribution in [3.8, 4) is 0 Å². The molecule has 0 bridgehead atoms. The highest BCUT2D eigenvalue weighted by molar-refractivity contribution is 5.36. The van der Waals surface area contributed by atoms with Gasteiger partial charge in [0.25, 0.3) is 6.47 Å². The standard InChI is InChI=1S/C9H11NO2/c11-8-12-7-1-2-9-3-5-10-6-4-9/h3-6,8H,1-2,7H2. The van der Waals surface area contributed by atoms with Crippen LogP contribution in [0.25, 0.3) is 0 Å². The molecule has 64 valence electrons. The highest BCUT2D eigenvalue weighted by Gasteiger charge is 1.91. The number of rotatable bonds is 5. The summed E-state index contributed by atoms with van der Waals surface area (Å²) in [7, 11) is 0. The minimum Gasteiger partial charge on any atom is -0.468 e. The zero-order valence-electron chi connectivity index (χ0n) is 6.77. The largest absolute Gasteiger partial charge is 0.468 e. The molecule has 0 aliphatic heterocycles. The number of pyridine rings is 1. The monoisotopic (exact) mass is 165 g/mol. The van der Waals surface area contributed by atoms with E-state index in [0.717, 1.165) is 12.8 Å². The third-order valence-corrected chi connectivity index (χ3v) is 1.55. The quantitative estimate of drug-likeness (QED) is 0.486. The van der Waals surface area contributed by atoms with Crippen LogP contribution in [0, 0.1) is 0 Å². The van der Waals surface area contributed by atoms with E-state index in [1.54, 1.807) is 12.4 Å². The van der Waals surface area contributed by atoms with Gasteiger partial charge in [-0.1, -0.05) is 0 Å². The first-order chi connectivity index (χ1) is 5.93. The fourth-order valence-electron chi connectivity index (χ4n) is 0.957. The Morgan fingerprint density at radius 2 is 2.17 bits per heavy atom. The third-order valence-electron chi connectivity index (χ3n) is 1.55. The molecule has 0 saturated carbocycles. The number of ether oxygens (including phenoxy) is 1. The molecule has 0 aromatic carbocycles. The first-order valence-corrected chi connectivity index (χ1v) is 3.87. The summed E-state index contributed by atoms with van der Waals surface area (Å²) < 4.78 is 4.56. The number of aromatic nitrogens is 1. The van der Waals surface area contributed by atoms with Gasteiger partial charge < -0.3 is 4.74 Å². The van der Waals surface area contributed by atoms with Crippen LogP contribution in [-0.2, 0) is 16.0 Å². The Kier molecular flexibility index (Phi) is 3.84. The van der Waals surface area contributed by atoms with E-state index >= 15 is 0 Å². The molecule has 12 heavy (non-hydrogen) atoms. The summed E-state index contributed by atoms with van der Waals surface area (Å²) in [6.07, 6.45) is 5.31. The summed E-state index contributed by atoms with van der Waals surface area (Å²) in [6, 6.07) is 3.92. The average Bonchev–Trinajstić information content (AvgIpc) is 2.14. The fraction of sp³-hybridized carbons (Fsp3) is 0.333. The number of aryl methyl sites for hydroxylation is 1. The van der Waals surface area contributed by atoms with Gasteiger partial charge in [-0.3, -0.25) is 9.78 Å². The van der Waals surface area contributed by atoms with Crippen LogP contribution in [0.2, 0.25) is 0 Å². The van der Waals surface area contributed by atoms with E-state index in [1.165, 1.54) is 5.56 Å². The molecular formula is C9H11NO2. The molecule has 0 saturated heterocycles. The maximum absolute atomic E-state index is 9.78. The highest BCUT2D eigenvalue weighted by Crippen LogP contribution is 2.00. The maximum Gasteiger partial charge on any atom is 0.293 e. The van der Waals surface area contributed by atoms with E-state index in [2.05, 4.69) is 9.72 Å². The fourth-order valence-corrected chi connectivity index (χ4v) is 0.957. The van der Waals surface area contributed by atoms with Crippen LogP contribution in [0.15, 0.2) is 24.5 Å². The van der Waals surface area contributed by atoms with Crippen molar-refractivity contribution < 1.29 is 9.53 Å². The third kappa shape index (κ3) is 3.14. The predicted octanol–water partition coefficient (Wildman–Crippen LogP) is 1.19. The first kappa shape index (κ1) is 8.71. The first-order valence-electron chi connectivity index (χ1n) is 3.87. The van der Waals surface area contributed by atoms with Crippen molar-refractivity contribution in [3.05, 3.63) is 30.1 Å². The van der Waals surface area contributed by atoms with E-state index in [9.17, 15) is 4.79 Å². The summed E-state index contributed by atoms with van der Waals surface area (Å²) in [6.45, 7) is 0.971. The van der Waals surface area contributed by atoms with Crippen molar-refractivity contribution in [2.24, 2.45) is 0 Å². The number of nitrogens with zero attached hydrogens (tertiary/aromatic N) is 1. The predicted molar refractivity (Wildman–Crippen MR) is 44.6 cm³/mol. The van der Waals surface area contributed by atoms with Gasteiger partial charge in [0.05, 0.1) is 6.61 Å². The lowest BCUT2D eigenvalue weighted by atomic mass is 10.1. The summed E-state index contributed by atoms with van der Waals surface area (Å²) in [4.78, 5) is 13.7. The molecule has 0 fully saturated rings. The van der Waals surface area contributed by atoms with Crippen molar-refractivity contribution in [1.82, 2.24) is 4.98 Å². The zero-order chi connectivity index (χ0) is 8.65. The normalized spacial score (nSPS) is 9.33. The van der Waals surface area contributed by atoms with Crippen molar-refractivity contribution in [2.75, 3.05) is 6.61 Å². The van der Waals surface area contributed by atoms with Gasteiger partial charge in [-0.15, -0.1) is 0 Å². The molecular weight excluding hydrogens is 154 g/mol. The molecule has 0 atom stereocenters. The Hall–Kier alpha value is -1.38. The van der Waals surface area contributed by atoms with Gasteiger partial charge >= 0.3 is 0 Å². The van der Waals surface area contributed by atoms with Crippen LogP contribution < -0.4 is 0 Å². The molecule has 1 aromatic heterocycles. The molecule has 1 heterocycles. The molecule has 0 amide bonds. The van der Waals surface area contributed by atoms with Crippen molar-refractivity contribution >= 4 is 6.47 Å². The molecule has 3 nitrogen and oxygen atoms in total. The number of carbonyl (C=O) groups is 1. The molecule has 0 spiro atoms. The topological polar surface area (TPSA) is 39.2 Å². The summed E-state index contributed by atoms with van der Waals surface area (Å²) in [5.74, 6) is 0. The van der Waals surface area contributed by atoms with Gasteiger partial charge in [-0.05, 0) is 30.5 Å². The van der Waals surface area contributed by atoms with E-state index in [4.69, 9.17) is 0 Å². The van der Waals surface area contributed by atoms with Crippen molar-refractivity contribution in [2.45, 2.75) is 12.8 Å². The van der Waals surface area contributed by atoms with Gasteiger partial charge in [0, 0.05) is 12.4 Å². The van der Waals surface area contributed by atoms with Crippen molar-refractivity contribution in [1.29, 1.82) is 0 Å². The lowest BCUT2D eigenvalue weighted by Gasteiger charge is -1.98. The van der Waals surface area contributed by atoms with E-state index < -0.39 is 0 Å². The lowest BCUT2D eigenvalue weighted by molar-refractivity contribution is -0.128. The van der Waals surface area contributed by atoms with Gasteiger partial charge in [0.1, 0.15) is 0 Å². The van der Waals surface area contributed by atoms with E-state index in [0.29, 0.717) is 13.1 Å². The summed E-state index contributed by atoms with van der Waals surface area (Å²) >= 11 is 0. The van der Waals surface area contributed by atoms with Gasteiger partial charge in [0.2, 0.25) is 0 Å². The van der Waals surface area contributed by atoms with E-state index in [-0.39, 0.29) is 0 Å². The SMILES string of the molecule is O=COCCCc1ccncc1. The minimum absolute atomic E-state index is 0.479. The number of hydrogen-bond acceptors (Lipinski definition) is 3. The highest BCUT2D eigenvalue weighted by atomic mass is 16.5. The van der Waals surface area contributed by atoms with Crippen LogP contribution >= 0.6 is 0 Å². The van der Waals surface area contributed by atoms with Crippen LogP contribution in [0.5, 0.6) is 0 Å². The molecule has 3 heteroatoms. The van der Waals surface area contributed by atoms with Gasteiger partial charge in [-0.25, -0.2) is 0 Å². The average molecular weight is 165 g/mol. The Bertz CT molecular complexity index is 223. The van der Waals surface area contributed by atoms with E-state index in [1.807, 2.05) is 12.1 Å². The minimum atomic E-state index is 0.479. The Morgan fingerprint density at radius 3 is 2.83 bits per heavy atom. The van der Waals surface area contributed by atoms with Crippen LogP contribution in [0.3, 0.4) is 0 Å². The summed E-state index contributed by atoms with van der Waals surface area (Å²) in [5, 5.41) is 0. The Morgan fingerprint density at radius 1 is 1.42 bits per heavy atom. The smallest absolute Gasteiger partial charge is 0.293 e. The molecule has 1 rings (SSSR count). The lowest BCUT2D eigenvalue weighted by Crippen LogP contribution is -1.94. The van der Waals surface area contributed by atoms with Crippen LogP contribution in [0.4, 0.5) is 0 Å². The number of carbonyl (C=O) groups excluding carboxylic acids is 1. The van der Waals surface area contributed by atoms with Gasteiger partial charge in [0.15, 0.2) is 0 Å². The summed E-state index contributed by atoms with van der Waals surface area (Å²) in [5.41, 5.74) is 1.22. The van der Waals surface area contributed by atoms with Gasteiger partial charge in [-0.2, -0.15) is 0 Å². The maximum atomic E-state index is 9.78. The molecule has 0 radical (unpaired) electrons. The molecule has 0 unspecified atom stereocenters. The zero-order valence-corrected chi connectivity index (χ0v) is 6.77. The second-order valence-electron chi connectivity index (χ2n) is 2.43. The number of hydrogen-bond donors (Lipinski definition) is 0. The molecule has 1 aromatic rings. The van der Waals surface area contributed by atoms with Crippen LogP contribution in [-0.4, -0.2) is 18.1 Å². The van der Waals surface area contributed by atoms with Crippen molar-refractivity contribution in [3.63, 3.8) is 0 Å². The Balaban J connectivity index is 2.20.